The number of halogens is 2. The summed E-state index contributed by atoms with van der Waals surface area (Å²) in [5.74, 6) is 0. The molecule has 0 amide bonds. The molecule has 0 saturated heterocycles. The number of hydrogen-bond acceptors (Lipinski definition) is 0. The minimum Gasteiger partial charge on any atom is -0.0843 e. The highest BCUT2D eigenvalue weighted by Crippen LogP contribution is 2.33. The Kier molecular flexibility index (Phi) is 2.01. The molecule has 0 heterocycles. The van der Waals surface area contributed by atoms with Crippen LogP contribution in [-0.2, 0) is 6.42 Å². The van der Waals surface area contributed by atoms with Crippen molar-refractivity contribution in [2.24, 2.45) is 0 Å². The monoisotopic (exact) mass is 242 g/mol. The largest absolute Gasteiger partial charge is 0.0843 e. The Morgan fingerprint density at radius 2 is 2.17 bits per heavy atom. The maximum absolute atomic E-state index is 5.92. The van der Waals surface area contributed by atoms with Gasteiger partial charge in [-0.15, -0.1) is 0 Å². The van der Waals surface area contributed by atoms with E-state index in [9.17, 15) is 0 Å². The summed E-state index contributed by atoms with van der Waals surface area (Å²) in [6.07, 6.45) is 3.24. The summed E-state index contributed by atoms with van der Waals surface area (Å²) >= 11 is 9.42. The molecule has 62 valence electrons. The van der Waals surface area contributed by atoms with Crippen LogP contribution in [0.4, 0.5) is 0 Å². The van der Waals surface area contributed by atoms with E-state index in [0.717, 1.165) is 15.9 Å². The van der Waals surface area contributed by atoms with E-state index in [1.165, 1.54) is 16.7 Å². The Morgan fingerprint density at radius 1 is 1.42 bits per heavy atom. The lowest BCUT2D eigenvalue weighted by Gasteiger charge is -2.01. The smallest absolute Gasteiger partial charge is 0.0420 e. The number of allylic oxidation sites excluding steroid dienone is 1. The molecule has 1 aliphatic carbocycles. The van der Waals surface area contributed by atoms with Crippen molar-refractivity contribution in [1.29, 1.82) is 0 Å². The van der Waals surface area contributed by atoms with Crippen molar-refractivity contribution >= 4 is 33.6 Å². The number of benzene rings is 1. The summed E-state index contributed by atoms with van der Waals surface area (Å²) in [5.41, 5.74) is 4.01. The molecule has 12 heavy (non-hydrogen) atoms. The molecule has 0 aromatic heterocycles. The van der Waals surface area contributed by atoms with Crippen LogP contribution in [0.15, 0.2) is 22.2 Å². The zero-order chi connectivity index (χ0) is 8.72. The van der Waals surface area contributed by atoms with Gasteiger partial charge in [-0.1, -0.05) is 39.2 Å². The molecule has 0 bridgehead atoms. The van der Waals surface area contributed by atoms with Gasteiger partial charge < -0.3 is 0 Å². The minimum absolute atomic E-state index is 0.809. The Morgan fingerprint density at radius 3 is 2.92 bits per heavy atom. The Hall–Kier alpha value is -0.270. The molecule has 0 aliphatic heterocycles. The fraction of sp³-hybridized carbons (Fsp3) is 0.200. The standard InChI is InChI=1S/C10H8BrCl/c1-6-2-7-4-8(12)5-10(11)9(7)3-6/h3-5H,2H2,1H3. The summed E-state index contributed by atoms with van der Waals surface area (Å²) in [4.78, 5) is 0. The highest BCUT2D eigenvalue weighted by molar-refractivity contribution is 9.10. The van der Waals surface area contributed by atoms with E-state index < -0.39 is 0 Å². The summed E-state index contributed by atoms with van der Waals surface area (Å²) < 4.78 is 1.10. The number of rotatable bonds is 0. The SMILES string of the molecule is CC1=Cc2c(Br)cc(Cl)cc2C1. The lowest BCUT2D eigenvalue weighted by atomic mass is 10.1. The van der Waals surface area contributed by atoms with Crippen molar-refractivity contribution in [1.82, 2.24) is 0 Å². The van der Waals surface area contributed by atoms with Crippen LogP contribution < -0.4 is 0 Å². The number of hydrogen-bond donors (Lipinski definition) is 0. The molecule has 0 spiro atoms. The quantitative estimate of drug-likeness (QED) is 0.644. The van der Waals surface area contributed by atoms with Crippen molar-refractivity contribution in [2.45, 2.75) is 13.3 Å². The van der Waals surface area contributed by atoms with Crippen molar-refractivity contribution in [3.8, 4) is 0 Å². The highest BCUT2D eigenvalue weighted by Gasteiger charge is 2.12. The van der Waals surface area contributed by atoms with Crippen molar-refractivity contribution < 1.29 is 0 Å². The van der Waals surface area contributed by atoms with Crippen molar-refractivity contribution in [2.75, 3.05) is 0 Å². The predicted octanol–water partition coefficient (Wildman–Crippen LogP) is 4.06. The van der Waals surface area contributed by atoms with Gasteiger partial charge in [0.15, 0.2) is 0 Å². The third-order valence-electron chi connectivity index (χ3n) is 2.04. The maximum atomic E-state index is 5.92. The average Bonchev–Trinajstić information content (AvgIpc) is 2.29. The van der Waals surface area contributed by atoms with Crippen LogP contribution in [0.3, 0.4) is 0 Å². The van der Waals surface area contributed by atoms with E-state index in [1.807, 2.05) is 12.1 Å². The van der Waals surface area contributed by atoms with Crippen LogP contribution in [0.2, 0.25) is 5.02 Å². The normalized spacial score (nSPS) is 14.4. The van der Waals surface area contributed by atoms with Gasteiger partial charge in [-0.2, -0.15) is 0 Å². The maximum Gasteiger partial charge on any atom is 0.0420 e. The molecule has 0 saturated carbocycles. The summed E-state index contributed by atoms with van der Waals surface area (Å²) in [6, 6.07) is 3.98. The fourth-order valence-electron chi connectivity index (χ4n) is 1.54. The van der Waals surface area contributed by atoms with Gasteiger partial charge >= 0.3 is 0 Å². The molecule has 0 nitrogen and oxygen atoms in total. The molecular weight excluding hydrogens is 235 g/mol. The Balaban J connectivity index is 2.62. The van der Waals surface area contributed by atoms with Gasteiger partial charge in [0.2, 0.25) is 0 Å². The minimum atomic E-state index is 0.809. The van der Waals surface area contributed by atoms with Gasteiger partial charge in [0.05, 0.1) is 0 Å². The molecule has 0 fully saturated rings. The predicted molar refractivity (Wildman–Crippen MR) is 56.5 cm³/mol. The van der Waals surface area contributed by atoms with E-state index in [-0.39, 0.29) is 0 Å². The second kappa shape index (κ2) is 2.90. The second-order valence-electron chi connectivity index (χ2n) is 3.13. The zero-order valence-corrected chi connectivity index (χ0v) is 9.04. The molecule has 2 heteroatoms. The first kappa shape index (κ1) is 8.33. The van der Waals surface area contributed by atoms with E-state index >= 15 is 0 Å². The van der Waals surface area contributed by atoms with Crippen LogP contribution in [0, 0.1) is 0 Å². The first-order valence-electron chi connectivity index (χ1n) is 3.82. The van der Waals surface area contributed by atoms with Crippen LogP contribution in [0.1, 0.15) is 18.1 Å². The van der Waals surface area contributed by atoms with Crippen molar-refractivity contribution in [3.63, 3.8) is 0 Å². The van der Waals surface area contributed by atoms with Crippen LogP contribution in [0.5, 0.6) is 0 Å². The highest BCUT2D eigenvalue weighted by atomic mass is 79.9. The molecule has 2 rings (SSSR count). The lowest BCUT2D eigenvalue weighted by molar-refractivity contribution is 1.19. The topological polar surface area (TPSA) is 0 Å². The fourth-order valence-corrected chi connectivity index (χ4v) is 2.53. The number of fused-ring (bicyclic) bond motifs is 1. The average molecular weight is 244 g/mol. The summed E-state index contributed by atoms with van der Waals surface area (Å²) in [7, 11) is 0. The van der Waals surface area contributed by atoms with Crippen molar-refractivity contribution in [3.05, 3.63) is 38.3 Å². The van der Waals surface area contributed by atoms with Gasteiger partial charge in [-0.25, -0.2) is 0 Å². The van der Waals surface area contributed by atoms with Gasteiger partial charge in [0.25, 0.3) is 0 Å². The zero-order valence-electron chi connectivity index (χ0n) is 6.70. The molecule has 0 N–H and O–H groups in total. The lowest BCUT2D eigenvalue weighted by Crippen LogP contribution is -1.83. The molecule has 1 aromatic carbocycles. The van der Waals surface area contributed by atoms with Crippen LogP contribution in [0.25, 0.3) is 6.08 Å². The van der Waals surface area contributed by atoms with Gasteiger partial charge in [-0.3, -0.25) is 0 Å². The van der Waals surface area contributed by atoms with E-state index in [1.54, 1.807) is 0 Å². The molecule has 0 atom stereocenters. The molecule has 1 aromatic rings. The second-order valence-corrected chi connectivity index (χ2v) is 4.42. The first-order chi connectivity index (χ1) is 5.66. The van der Waals surface area contributed by atoms with E-state index in [2.05, 4.69) is 28.9 Å². The molecular formula is C10H8BrCl. The summed E-state index contributed by atoms with van der Waals surface area (Å²) in [5, 5.41) is 0.809. The van der Waals surface area contributed by atoms with Crippen LogP contribution >= 0.6 is 27.5 Å². The van der Waals surface area contributed by atoms with E-state index in [4.69, 9.17) is 11.6 Å². The molecule has 1 aliphatic rings. The molecule has 0 unspecified atom stereocenters. The van der Waals surface area contributed by atoms with Gasteiger partial charge in [-0.05, 0) is 36.6 Å². The van der Waals surface area contributed by atoms with Gasteiger partial charge in [0.1, 0.15) is 0 Å². The third kappa shape index (κ3) is 1.32. The van der Waals surface area contributed by atoms with E-state index in [0.29, 0.717) is 0 Å². The molecule has 0 radical (unpaired) electrons. The summed E-state index contributed by atoms with van der Waals surface area (Å²) in [6.45, 7) is 2.14. The third-order valence-corrected chi connectivity index (χ3v) is 2.91. The van der Waals surface area contributed by atoms with Crippen LogP contribution in [-0.4, -0.2) is 0 Å². The van der Waals surface area contributed by atoms with Gasteiger partial charge in [0, 0.05) is 9.50 Å². The Labute approximate surface area is 85.4 Å². The first-order valence-corrected chi connectivity index (χ1v) is 4.99. The Bertz CT molecular complexity index is 366.